The van der Waals surface area contributed by atoms with Gasteiger partial charge in [0, 0.05) is 12.3 Å². The smallest absolute Gasteiger partial charge is 0.258 e. The van der Waals surface area contributed by atoms with E-state index in [4.69, 9.17) is 4.74 Å². The Morgan fingerprint density at radius 1 is 1.50 bits per heavy atom. The molecule has 0 aliphatic heterocycles. The molecule has 1 aromatic heterocycles. The van der Waals surface area contributed by atoms with E-state index >= 15 is 0 Å². The summed E-state index contributed by atoms with van der Waals surface area (Å²) in [6.45, 7) is 0.197. The van der Waals surface area contributed by atoms with Crippen LogP contribution in [0.3, 0.4) is 0 Å². The first-order valence-corrected chi connectivity index (χ1v) is 5.36. The van der Waals surface area contributed by atoms with Gasteiger partial charge in [-0.2, -0.15) is 0 Å². The van der Waals surface area contributed by atoms with Crippen LogP contribution in [-0.2, 0) is 11.3 Å². The number of H-pyrrole nitrogens is 1. The zero-order chi connectivity index (χ0) is 12.8. The molecule has 1 amide bonds. The quantitative estimate of drug-likeness (QED) is 0.837. The lowest BCUT2D eigenvalue weighted by Crippen LogP contribution is -2.28. The average molecular weight is 249 g/mol. The van der Waals surface area contributed by atoms with Crippen LogP contribution in [0.2, 0.25) is 0 Å². The lowest BCUT2D eigenvalue weighted by molar-refractivity contribution is -0.123. The summed E-state index contributed by atoms with van der Waals surface area (Å²) in [5.74, 6) is -0.356. The molecule has 0 saturated heterocycles. The molecular weight excluding hydrogens is 237 g/mol. The number of amides is 1. The van der Waals surface area contributed by atoms with Crippen LogP contribution in [0.4, 0.5) is 4.39 Å². The number of aromatic amines is 1. The highest BCUT2D eigenvalue weighted by Crippen LogP contribution is 2.11. The van der Waals surface area contributed by atoms with E-state index in [2.05, 4.69) is 15.3 Å². The molecule has 0 bridgehead atoms. The topological polar surface area (TPSA) is 67.0 Å². The normalized spacial score (nSPS) is 10.1. The molecule has 0 saturated carbocycles. The molecule has 2 aromatic rings. The Kier molecular flexibility index (Phi) is 3.90. The number of nitrogens with zero attached hydrogens (tertiary/aromatic N) is 1. The number of benzene rings is 1. The molecule has 0 fully saturated rings. The second-order valence-electron chi connectivity index (χ2n) is 3.60. The Hall–Kier alpha value is -2.37. The van der Waals surface area contributed by atoms with Crippen LogP contribution in [0.15, 0.2) is 36.8 Å². The van der Waals surface area contributed by atoms with Crippen LogP contribution in [-0.4, -0.2) is 22.5 Å². The maximum Gasteiger partial charge on any atom is 0.258 e. The molecule has 0 aliphatic carbocycles. The third kappa shape index (κ3) is 3.58. The Balaban J connectivity index is 1.75. The van der Waals surface area contributed by atoms with Gasteiger partial charge in [0.1, 0.15) is 11.6 Å². The Labute approximate surface area is 103 Å². The van der Waals surface area contributed by atoms with Crippen molar-refractivity contribution < 1.29 is 13.9 Å². The van der Waals surface area contributed by atoms with Gasteiger partial charge in [-0.25, -0.2) is 9.37 Å². The number of nitrogens with one attached hydrogen (secondary N) is 2. The van der Waals surface area contributed by atoms with Gasteiger partial charge in [0.25, 0.3) is 5.91 Å². The fourth-order valence-corrected chi connectivity index (χ4v) is 1.33. The predicted octanol–water partition coefficient (Wildman–Crippen LogP) is 1.24. The largest absolute Gasteiger partial charge is 0.484 e. The van der Waals surface area contributed by atoms with Crippen molar-refractivity contribution in [1.29, 1.82) is 0 Å². The molecule has 0 unspecified atom stereocenters. The first kappa shape index (κ1) is 12.1. The van der Waals surface area contributed by atoms with Gasteiger partial charge in [0.2, 0.25) is 0 Å². The number of rotatable bonds is 5. The van der Waals surface area contributed by atoms with Crippen molar-refractivity contribution in [3.63, 3.8) is 0 Å². The molecule has 0 atom stereocenters. The van der Waals surface area contributed by atoms with E-state index in [0.29, 0.717) is 12.3 Å². The van der Waals surface area contributed by atoms with Crippen LogP contribution < -0.4 is 10.1 Å². The fraction of sp³-hybridized carbons (Fsp3) is 0.167. The third-order valence-corrected chi connectivity index (χ3v) is 2.20. The summed E-state index contributed by atoms with van der Waals surface area (Å²) in [4.78, 5) is 18.1. The number of imidazole rings is 1. The summed E-state index contributed by atoms with van der Waals surface area (Å²) in [7, 11) is 0. The highest BCUT2D eigenvalue weighted by Gasteiger charge is 2.03. The molecule has 0 aliphatic rings. The van der Waals surface area contributed by atoms with Crippen molar-refractivity contribution in [2.45, 2.75) is 6.54 Å². The Morgan fingerprint density at radius 2 is 2.39 bits per heavy atom. The van der Waals surface area contributed by atoms with E-state index in [1.807, 2.05) is 0 Å². The van der Waals surface area contributed by atoms with E-state index in [-0.39, 0.29) is 12.5 Å². The van der Waals surface area contributed by atoms with Gasteiger partial charge in [-0.05, 0) is 12.1 Å². The summed E-state index contributed by atoms with van der Waals surface area (Å²) in [6.07, 6.45) is 3.15. The first-order chi connectivity index (χ1) is 8.74. The number of hydrogen-bond donors (Lipinski definition) is 2. The number of hydrogen-bond acceptors (Lipinski definition) is 3. The molecule has 2 N–H and O–H groups in total. The SMILES string of the molecule is O=C(COc1cccc(F)c1)NCc1cnc[nH]1. The van der Waals surface area contributed by atoms with Gasteiger partial charge in [-0.1, -0.05) is 6.07 Å². The minimum atomic E-state index is -0.398. The molecule has 0 spiro atoms. The van der Waals surface area contributed by atoms with Gasteiger partial charge in [-0.3, -0.25) is 4.79 Å². The van der Waals surface area contributed by atoms with E-state index in [0.717, 1.165) is 5.69 Å². The molecule has 94 valence electrons. The van der Waals surface area contributed by atoms with Crippen molar-refractivity contribution in [3.8, 4) is 5.75 Å². The van der Waals surface area contributed by atoms with E-state index in [9.17, 15) is 9.18 Å². The summed E-state index contributed by atoms with van der Waals surface area (Å²) in [6, 6.07) is 5.64. The van der Waals surface area contributed by atoms with Crippen LogP contribution in [0, 0.1) is 5.82 Å². The lowest BCUT2D eigenvalue weighted by Gasteiger charge is -2.06. The van der Waals surface area contributed by atoms with Gasteiger partial charge in [-0.15, -0.1) is 0 Å². The summed E-state index contributed by atoms with van der Waals surface area (Å²) in [5.41, 5.74) is 0.800. The van der Waals surface area contributed by atoms with Crippen molar-refractivity contribution in [3.05, 3.63) is 48.3 Å². The molecule has 1 heterocycles. The number of aromatic nitrogens is 2. The molecule has 18 heavy (non-hydrogen) atoms. The molecule has 2 rings (SSSR count). The average Bonchev–Trinajstić information content (AvgIpc) is 2.87. The van der Waals surface area contributed by atoms with Crippen molar-refractivity contribution in [2.75, 3.05) is 6.61 Å². The maximum absolute atomic E-state index is 12.8. The van der Waals surface area contributed by atoms with Crippen LogP contribution in [0.1, 0.15) is 5.69 Å². The molecule has 5 nitrogen and oxygen atoms in total. The summed E-state index contributed by atoms with van der Waals surface area (Å²) < 4.78 is 18.0. The van der Waals surface area contributed by atoms with E-state index < -0.39 is 5.82 Å². The van der Waals surface area contributed by atoms with E-state index in [1.165, 1.54) is 24.5 Å². The first-order valence-electron chi connectivity index (χ1n) is 5.36. The lowest BCUT2D eigenvalue weighted by atomic mass is 10.3. The minimum Gasteiger partial charge on any atom is -0.484 e. The highest BCUT2D eigenvalue weighted by molar-refractivity contribution is 5.77. The predicted molar refractivity (Wildman–Crippen MR) is 62.3 cm³/mol. The highest BCUT2D eigenvalue weighted by atomic mass is 19.1. The standard InChI is InChI=1S/C12H12FN3O2/c13-9-2-1-3-11(4-9)18-7-12(17)15-6-10-5-14-8-16-10/h1-5,8H,6-7H2,(H,14,16)(H,15,17). The van der Waals surface area contributed by atoms with Crippen molar-refractivity contribution in [2.24, 2.45) is 0 Å². The Morgan fingerprint density at radius 3 is 3.11 bits per heavy atom. The zero-order valence-electron chi connectivity index (χ0n) is 9.52. The van der Waals surface area contributed by atoms with E-state index in [1.54, 1.807) is 12.3 Å². The molecule has 0 radical (unpaired) electrons. The van der Waals surface area contributed by atoms with Gasteiger partial charge < -0.3 is 15.0 Å². The number of halogens is 1. The monoisotopic (exact) mass is 249 g/mol. The molecule has 1 aromatic carbocycles. The third-order valence-electron chi connectivity index (χ3n) is 2.20. The van der Waals surface area contributed by atoms with Crippen LogP contribution >= 0.6 is 0 Å². The summed E-state index contributed by atoms with van der Waals surface area (Å²) >= 11 is 0. The number of carbonyl (C=O) groups is 1. The zero-order valence-corrected chi connectivity index (χ0v) is 9.52. The van der Waals surface area contributed by atoms with Crippen molar-refractivity contribution >= 4 is 5.91 Å². The minimum absolute atomic E-state index is 0.155. The summed E-state index contributed by atoms with van der Waals surface area (Å²) in [5, 5.41) is 2.64. The number of carbonyl (C=O) groups excluding carboxylic acids is 1. The van der Waals surface area contributed by atoms with Crippen LogP contribution in [0.5, 0.6) is 5.75 Å². The van der Waals surface area contributed by atoms with Crippen LogP contribution in [0.25, 0.3) is 0 Å². The fourth-order valence-electron chi connectivity index (χ4n) is 1.33. The molecular formula is C12H12FN3O2. The molecule has 6 heteroatoms. The number of ether oxygens (including phenoxy) is 1. The second kappa shape index (κ2) is 5.81. The van der Waals surface area contributed by atoms with Gasteiger partial charge >= 0.3 is 0 Å². The second-order valence-corrected chi connectivity index (χ2v) is 3.60. The maximum atomic E-state index is 12.8. The van der Waals surface area contributed by atoms with Gasteiger partial charge in [0.05, 0.1) is 18.6 Å². The van der Waals surface area contributed by atoms with Crippen molar-refractivity contribution in [1.82, 2.24) is 15.3 Å². The Bertz CT molecular complexity index is 514. The van der Waals surface area contributed by atoms with Gasteiger partial charge in [0.15, 0.2) is 6.61 Å².